The van der Waals surface area contributed by atoms with Crippen LogP contribution in [0.5, 0.6) is 0 Å². The molecule has 0 unspecified atom stereocenters. The molecule has 0 saturated carbocycles. The van der Waals surface area contributed by atoms with Gasteiger partial charge in [-0.25, -0.2) is 14.6 Å². The van der Waals surface area contributed by atoms with Crippen LogP contribution in [0.2, 0.25) is 0 Å². The molecular weight excluding hydrogens is 310 g/mol. The highest BCUT2D eigenvalue weighted by Gasteiger charge is 2.22. The second-order valence-corrected chi connectivity index (χ2v) is 6.40. The Labute approximate surface area is 140 Å². The van der Waals surface area contributed by atoms with Gasteiger partial charge in [-0.2, -0.15) is 0 Å². The summed E-state index contributed by atoms with van der Waals surface area (Å²) in [4.78, 5) is 13.8. The Bertz CT molecular complexity index is 686. The van der Waals surface area contributed by atoms with Gasteiger partial charge < -0.3 is 19.9 Å². The van der Waals surface area contributed by atoms with Gasteiger partial charge in [-0.1, -0.05) is 0 Å². The summed E-state index contributed by atoms with van der Waals surface area (Å²) in [5.41, 5.74) is 0.880. The van der Waals surface area contributed by atoms with Crippen molar-refractivity contribution in [2.24, 2.45) is 0 Å². The quantitative estimate of drug-likeness (QED) is 0.850. The van der Waals surface area contributed by atoms with Gasteiger partial charge in [0.05, 0.1) is 13.2 Å². The van der Waals surface area contributed by atoms with E-state index in [1.165, 1.54) is 19.4 Å². The van der Waals surface area contributed by atoms with Crippen molar-refractivity contribution in [3.05, 3.63) is 0 Å². The fourth-order valence-corrected chi connectivity index (χ4v) is 3.44. The number of likely N-dealkylation sites (tertiary alicyclic amines) is 1. The van der Waals surface area contributed by atoms with Gasteiger partial charge in [0.25, 0.3) is 0 Å². The summed E-state index contributed by atoms with van der Waals surface area (Å²) >= 11 is 0. The van der Waals surface area contributed by atoms with Gasteiger partial charge in [-0.05, 0) is 43.2 Å². The summed E-state index contributed by atoms with van der Waals surface area (Å²) in [6.07, 6.45) is 3.65. The predicted molar refractivity (Wildman–Crippen MR) is 89.2 cm³/mol. The maximum absolute atomic E-state index is 5.43. The summed E-state index contributed by atoms with van der Waals surface area (Å²) in [6, 6.07) is 0.648. The van der Waals surface area contributed by atoms with E-state index < -0.39 is 0 Å². The maximum Gasteiger partial charge on any atom is 0.245 e. The number of aromatic nitrogens is 4. The van der Waals surface area contributed by atoms with Crippen molar-refractivity contribution < 1.29 is 9.37 Å². The number of ether oxygens (including phenoxy) is 1. The fraction of sp³-hybridized carbons (Fsp3) is 0.733. The zero-order chi connectivity index (χ0) is 16.4. The number of anilines is 2. The van der Waals surface area contributed by atoms with Gasteiger partial charge in [0.15, 0.2) is 11.6 Å². The van der Waals surface area contributed by atoms with Crippen LogP contribution >= 0.6 is 0 Å². The second-order valence-electron chi connectivity index (χ2n) is 6.40. The van der Waals surface area contributed by atoms with Crippen molar-refractivity contribution in [1.82, 2.24) is 25.2 Å². The number of nitrogens with zero attached hydrogens (tertiary/aromatic N) is 6. The van der Waals surface area contributed by atoms with E-state index in [4.69, 9.17) is 9.37 Å². The van der Waals surface area contributed by atoms with Crippen LogP contribution in [0, 0.1) is 0 Å². The first-order valence-electron chi connectivity index (χ1n) is 8.58. The fourth-order valence-electron chi connectivity index (χ4n) is 3.44. The minimum absolute atomic E-state index is 0.437. The first kappa shape index (κ1) is 15.5. The average molecular weight is 333 g/mol. The zero-order valence-electron chi connectivity index (χ0n) is 13.9. The SMILES string of the molecule is CN1CCC[C@H]1CCNc1nc2nonc2nc1N1CCOCC1. The molecule has 1 atom stereocenters. The molecule has 1 N–H and O–H groups in total. The summed E-state index contributed by atoms with van der Waals surface area (Å²) in [7, 11) is 2.20. The Morgan fingerprint density at radius 2 is 1.92 bits per heavy atom. The van der Waals surface area contributed by atoms with E-state index in [0.29, 0.717) is 30.5 Å². The van der Waals surface area contributed by atoms with Crippen LogP contribution in [-0.4, -0.2) is 77.7 Å². The third kappa shape index (κ3) is 3.13. The largest absolute Gasteiger partial charge is 0.378 e. The van der Waals surface area contributed by atoms with E-state index in [-0.39, 0.29) is 0 Å². The molecule has 2 aliphatic rings. The summed E-state index contributed by atoms with van der Waals surface area (Å²) in [6.45, 7) is 5.04. The lowest BCUT2D eigenvalue weighted by atomic mass is 10.1. The summed E-state index contributed by atoms with van der Waals surface area (Å²) < 4.78 is 10.2. The minimum Gasteiger partial charge on any atom is -0.378 e. The molecule has 130 valence electrons. The molecule has 2 aliphatic heterocycles. The molecule has 0 aliphatic carbocycles. The number of morpholine rings is 1. The van der Waals surface area contributed by atoms with Crippen molar-refractivity contribution in [2.75, 3.05) is 56.7 Å². The molecule has 0 spiro atoms. The smallest absolute Gasteiger partial charge is 0.245 e. The molecule has 0 bridgehead atoms. The van der Waals surface area contributed by atoms with Crippen LogP contribution in [0.25, 0.3) is 11.3 Å². The second kappa shape index (κ2) is 6.86. The van der Waals surface area contributed by atoms with Crippen molar-refractivity contribution in [1.29, 1.82) is 0 Å². The van der Waals surface area contributed by atoms with Gasteiger partial charge in [-0.15, -0.1) is 0 Å². The molecule has 2 saturated heterocycles. The predicted octanol–water partition coefficient (Wildman–Crippen LogP) is 0.746. The molecule has 0 radical (unpaired) electrons. The first-order chi connectivity index (χ1) is 11.8. The highest BCUT2D eigenvalue weighted by Crippen LogP contribution is 2.25. The lowest BCUT2D eigenvalue weighted by Crippen LogP contribution is -2.37. The molecule has 4 heterocycles. The highest BCUT2D eigenvalue weighted by molar-refractivity contribution is 5.74. The monoisotopic (exact) mass is 333 g/mol. The standard InChI is InChI=1S/C15H23N7O2/c1-21-6-2-3-11(21)4-5-16-14-15(22-7-9-23-10-8-22)18-13-12(17-14)19-24-20-13/h11H,2-10H2,1H3,(H,16,17,19)/t11-/m0/s1. The molecule has 9 nitrogen and oxygen atoms in total. The van der Waals surface area contributed by atoms with Crippen LogP contribution in [0.15, 0.2) is 4.63 Å². The van der Waals surface area contributed by atoms with E-state index >= 15 is 0 Å². The normalized spacial score (nSPS) is 22.4. The Balaban J connectivity index is 1.51. The number of rotatable bonds is 5. The highest BCUT2D eigenvalue weighted by atomic mass is 16.6. The van der Waals surface area contributed by atoms with E-state index in [0.717, 1.165) is 37.7 Å². The average Bonchev–Trinajstić information content (AvgIpc) is 3.23. The van der Waals surface area contributed by atoms with Crippen LogP contribution in [-0.2, 0) is 4.74 Å². The van der Waals surface area contributed by atoms with E-state index in [1.54, 1.807) is 0 Å². The third-order valence-corrected chi connectivity index (χ3v) is 4.85. The number of fused-ring (bicyclic) bond motifs is 1. The molecule has 2 fully saturated rings. The van der Waals surface area contributed by atoms with Crippen molar-refractivity contribution in [2.45, 2.75) is 25.3 Å². The molecule has 2 aromatic heterocycles. The Morgan fingerprint density at radius 1 is 1.12 bits per heavy atom. The van der Waals surface area contributed by atoms with Crippen LogP contribution in [0.3, 0.4) is 0 Å². The van der Waals surface area contributed by atoms with Crippen LogP contribution in [0.1, 0.15) is 19.3 Å². The first-order valence-corrected chi connectivity index (χ1v) is 8.58. The number of hydrogen-bond donors (Lipinski definition) is 1. The maximum atomic E-state index is 5.43. The molecule has 24 heavy (non-hydrogen) atoms. The van der Waals surface area contributed by atoms with Crippen molar-refractivity contribution in [3.8, 4) is 0 Å². The van der Waals surface area contributed by atoms with Gasteiger partial charge >= 0.3 is 0 Å². The van der Waals surface area contributed by atoms with Gasteiger partial charge in [-0.3, -0.25) is 0 Å². The Hall–Kier alpha value is -2.00. The molecule has 0 aromatic carbocycles. The molecule has 9 heteroatoms. The van der Waals surface area contributed by atoms with Crippen molar-refractivity contribution >= 4 is 22.9 Å². The lowest BCUT2D eigenvalue weighted by molar-refractivity contribution is 0.122. The van der Waals surface area contributed by atoms with Crippen LogP contribution < -0.4 is 10.2 Å². The lowest BCUT2D eigenvalue weighted by Gasteiger charge is -2.29. The molecule has 4 rings (SSSR count). The minimum atomic E-state index is 0.437. The van der Waals surface area contributed by atoms with Gasteiger partial charge in [0.2, 0.25) is 11.3 Å². The number of nitrogens with one attached hydrogen (secondary N) is 1. The van der Waals surface area contributed by atoms with Gasteiger partial charge in [0.1, 0.15) is 0 Å². The Kier molecular flexibility index (Phi) is 4.44. The molecular formula is C15H23N7O2. The molecule has 0 amide bonds. The van der Waals surface area contributed by atoms with Crippen LogP contribution in [0.4, 0.5) is 11.6 Å². The van der Waals surface area contributed by atoms with E-state index in [1.807, 2.05) is 0 Å². The Morgan fingerprint density at radius 3 is 2.67 bits per heavy atom. The van der Waals surface area contributed by atoms with Gasteiger partial charge in [0, 0.05) is 25.7 Å². The zero-order valence-corrected chi connectivity index (χ0v) is 13.9. The number of hydrogen-bond acceptors (Lipinski definition) is 9. The molecule has 2 aromatic rings. The third-order valence-electron chi connectivity index (χ3n) is 4.85. The topological polar surface area (TPSA) is 92.4 Å². The summed E-state index contributed by atoms with van der Waals surface area (Å²) in [5.74, 6) is 1.56. The summed E-state index contributed by atoms with van der Waals surface area (Å²) in [5, 5.41) is 11.1. The van der Waals surface area contributed by atoms with E-state index in [2.05, 4.69) is 42.4 Å². The van der Waals surface area contributed by atoms with E-state index in [9.17, 15) is 0 Å². The van der Waals surface area contributed by atoms with Crippen molar-refractivity contribution in [3.63, 3.8) is 0 Å².